The molecule has 1 fully saturated rings. The highest BCUT2D eigenvalue weighted by molar-refractivity contribution is 5.94. The van der Waals surface area contributed by atoms with Gasteiger partial charge < -0.3 is 25.8 Å². The van der Waals surface area contributed by atoms with Crippen molar-refractivity contribution in [3.8, 4) is 5.75 Å². The molecule has 1 atom stereocenters. The van der Waals surface area contributed by atoms with Crippen LogP contribution in [0.1, 0.15) is 46.0 Å². The van der Waals surface area contributed by atoms with E-state index in [1.165, 1.54) is 37.8 Å². The van der Waals surface area contributed by atoms with Crippen LogP contribution in [0.15, 0.2) is 29.3 Å². The Morgan fingerprint density at radius 3 is 2.57 bits per heavy atom. The fourth-order valence-electron chi connectivity index (χ4n) is 3.57. The van der Waals surface area contributed by atoms with Crippen LogP contribution in [0.4, 0.5) is 5.69 Å². The Hall–Kier alpha value is -2.28. The number of aliphatic imine (C=N–C) groups is 1. The van der Waals surface area contributed by atoms with Crippen molar-refractivity contribution in [2.75, 3.05) is 31.6 Å². The van der Waals surface area contributed by atoms with Crippen LogP contribution in [-0.2, 0) is 9.53 Å². The highest BCUT2D eigenvalue weighted by atomic mass is 16.5. The van der Waals surface area contributed by atoms with Gasteiger partial charge >= 0.3 is 0 Å². The largest absolute Gasteiger partial charge is 0.508 e. The van der Waals surface area contributed by atoms with E-state index in [0.29, 0.717) is 23.7 Å². The molecule has 0 heterocycles. The minimum Gasteiger partial charge on any atom is -0.508 e. The van der Waals surface area contributed by atoms with Crippen LogP contribution in [0.25, 0.3) is 0 Å². The van der Waals surface area contributed by atoms with Gasteiger partial charge in [-0.3, -0.25) is 4.79 Å². The highest BCUT2D eigenvalue weighted by Gasteiger charge is 2.25. The third-order valence-corrected chi connectivity index (χ3v) is 4.90. The summed E-state index contributed by atoms with van der Waals surface area (Å²) in [7, 11) is 0. The Labute approximate surface area is 168 Å². The van der Waals surface area contributed by atoms with Crippen LogP contribution < -0.4 is 16.0 Å². The van der Waals surface area contributed by atoms with Crippen LogP contribution in [0.3, 0.4) is 0 Å². The molecular weight excluding hydrogens is 356 g/mol. The SMILES string of the molecule is CCNC(=NCC(=O)Nc1ccc(O)cc1)NCCC(OCC)C1CCCC1. The molecule has 2 rings (SSSR count). The van der Waals surface area contributed by atoms with Crippen molar-refractivity contribution in [2.45, 2.75) is 52.1 Å². The van der Waals surface area contributed by atoms with Gasteiger partial charge in [0.1, 0.15) is 12.3 Å². The van der Waals surface area contributed by atoms with E-state index in [1.54, 1.807) is 12.1 Å². The average Bonchev–Trinajstić information content (AvgIpc) is 3.22. The number of guanidine groups is 1. The van der Waals surface area contributed by atoms with Gasteiger partial charge in [0.25, 0.3) is 0 Å². The quantitative estimate of drug-likeness (QED) is 0.280. The summed E-state index contributed by atoms with van der Waals surface area (Å²) in [6.45, 7) is 6.29. The third kappa shape index (κ3) is 7.76. The Kier molecular flexibility index (Phi) is 9.62. The lowest BCUT2D eigenvalue weighted by Crippen LogP contribution is -2.40. The molecule has 0 bridgehead atoms. The number of ether oxygens (including phenoxy) is 1. The zero-order valence-electron chi connectivity index (χ0n) is 17.0. The second kappa shape index (κ2) is 12.2. The number of aromatic hydroxyl groups is 1. The maximum absolute atomic E-state index is 12.1. The van der Waals surface area contributed by atoms with E-state index in [2.05, 4.69) is 20.9 Å². The van der Waals surface area contributed by atoms with Gasteiger partial charge in [-0.2, -0.15) is 0 Å². The Bertz CT molecular complexity index is 613. The maximum Gasteiger partial charge on any atom is 0.246 e. The molecule has 1 aliphatic rings. The van der Waals surface area contributed by atoms with Crippen molar-refractivity contribution in [3.05, 3.63) is 24.3 Å². The smallest absolute Gasteiger partial charge is 0.246 e. The zero-order chi connectivity index (χ0) is 20.2. The molecule has 156 valence electrons. The molecule has 1 unspecified atom stereocenters. The summed E-state index contributed by atoms with van der Waals surface area (Å²) in [5.41, 5.74) is 0.632. The van der Waals surface area contributed by atoms with E-state index < -0.39 is 0 Å². The monoisotopic (exact) mass is 390 g/mol. The first-order valence-electron chi connectivity index (χ1n) is 10.3. The average molecular weight is 391 g/mol. The summed E-state index contributed by atoms with van der Waals surface area (Å²) in [4.78, 5) is 16.5. The summed E-state index contributed by atoms with van der Waals surface area (Å²) in [5, 5.41) is 18.5. The molecule has 1 aromatic carbocycles. The molecule has 0 aromatic heterocycles. The summed E-state index contributed by atoms with van der Waals surface area (Å²) in [5.74, 6) is 1.25. The number of phenolic OH excluding ortho intramolecular Hbond substituents is 1. The van der Waals surface area contributed by atoms with Gasteiger partial charge in [0, 0.05) is 25.4 Å². The van der Waals surface area contributed by atoms with E-state index in [1.807, 2.05) is 13.8 Å². The molecule has 1 aromatic rings. The molecule has 1 aliphatic carbocycles. The number of phenols is 1. The van der Waals surface area contributed by atoms with Crippen LogP contribution in [0.5, 0.6) is 5.75 Å². The second-order valence-corrected chi connectivity index (χ2v) is 7.04. The molecular formula is C21H34N4O3. The number of benzene rings is 1. The van der Waals surface area contributed by atoms with Crippen LogP contribution in [0, 0.1) is 5.92 Å². The number of carbonyl (C=O) groups is 1. The van der Waals surface area contributed by atoms with Crippen molar-refractivity contribution in [1.29, 1.82) is 0 Å². The van der Waals surface area contributed by atoms with E-state index in [0.717, 1.165) is 26.1 Å². The van der Waals surface area contributed by atoms with E-state index in [4.69, 9.17) is 4.74 Å². The number of carbonyl (C=O) groups excluding carboxylic acids is 1. The predicted octanol–water partition coefficient (Wildman–Crippen LogP) is 2.87. The number of nitrogens with one attached hydrogen (secondary N) is 3. The lowest BCUT2D eigenvalue weighted by Gasteiger charge is -2.24. The van der Waals surface area contributed by atoms with Crippen molar-refractivity contribution >= 4 is 17.6 Å². The van der Waals surface area contributed by atoms with Gasteiger partial charge in [-0.1, -0.05) is 12.8 Å². The molecule has 0 aliphatic heterocycles. The lowest BCUT2D eigenvalue weighted by atomic mass is 9.98. The first-order chi connectivity index (χ1) is 13.6. The number of hydrogen-bond acceptors (Lipinski definition) is 4. The normalized spacial score (nSPS) is 16.0. The number of hydrogen-bond donors (Lipinski definition) is 4. The highest BCUT2D eigenvalue weighted by Crippen LogP contribution is 2.30. The lowest BCUT2D eigenvalue weighted by molar-refractivity contribution is -0.114. The Morgan fingerprint density at radius 1 is 1.21 bits per heavy atom. The second-order valence-electron chi connectivity index (χ2n) is 7.04. The van der Waals surface area contributed by atoms with Crippen molar-refractivity contribution < 1.29 is 14.6 Å². The predicted molar refractivity (Wildman–Crippen MR) is 113 cm³/mol. The molecule has 0 radical (unpaired) electrons. The Balaban J connectivity index is 1.80. The van der Waals surface area contributed by atoms with Crippen molar-refractivity contribution in [3.63, 3.8) is 0 Å². The maximum atomic E-state index is 12.1. The first-order valence-corrected chi connectivity index (χ1v) is 10.3. The molecule has 1 amide bonds. The number of rotatable bonds is 10. The van der Waals surface area contributed by atoms with Crippen molar-refractivity contribution in [2.24, 2.45) is 10.9 Å². The topological polar surface area (TPSA) is 95.0 Å². The van der Waals surface area contributed by atoms with Crippen LogP contribution >= 0.6 is 0 Å². The van der Waals surface area contributed by atoms with E-state index in [-0.39, 0.29) is 18.2 Å². The van der Waals surface area contributed by atoms with E-state index in [9.17, 15) is 9.90 Å². The molecule has 7 nitrogen and oxygen atoms in total. The molecule has 4 N–H and O–H groups in total. The number of amides is 1. The van der Waals surface area contributed by atoms with Crippen LogP contribution in [0.2, 0.25) is 0 Å². The molecule has 7 heteroatoms. The van der Waals surface area contributed by atoms with Gasteiger partial charge in [-0.25, -0.2) is 4.99 Å². The van der Waals surface area contributed by atoms with Gasteiger partial charge in [-0.15, -0.1) is 0 Å². The minimum atomic E-state index is -0.207. The minimum absolute atomic E-state index is 0.0216. The summed E-state index contributed by atoms with van der Waals surface area (Å²) in [6, 6.07) is 6.36. The fraction of sp³-hybridized carbons (Fsp3) is 0.619. The third-order valence-electron chi connectivity index (χ3n) is 4.90. The van der Waals surface area contributed by atoms with Gasteiger partial charge in [0.2, 0.25) is 5.91 Å². The van der Waals surface area contributed by atoms with Crippen molar-refractivity contribution in [1.82, 2.24) is 10.6 Å². The molecule has 1 saturated carbocycles. The van der Waals surface area contributed by atoms with Crippen LogP contribution in [-0.4, -0.2) is 49.3 Å². The van der Waals surface area contributed by atoms with E-state index >= 15 is 0 Å². The molecule has 0 saturated heterocycles. The number of anilines is 1. The fourth-order valence-corrected chi connectivity index (χ4v) is 3.57. The summed E-state index contributed by atoms with van der Waals surface area (Å²) in [6.07, 6.45) is 6.36. The molecule has 0 spiro atoms. The van der Waals surface area contributed by atoms with Gasteiger partial charge in [0.05, 0.1) is 6.10 Å². The molecule has 28 heavy (non-hydrogen) atoms. The number of nitrogens with zero attached hydrogens (tertiary/aromatic N) is 1. The van der Waals surface area contributed by atoms with Gasteiger partial charge in [-0.05, 0) is 63.3 Å². The zero-order valence-corrected chi connectivity index (χ0v) is 17.0. The Morgan fingerprint density at radius 2 is 1.93 bits per heavy atom. The standard InChI is InChI=1S/C21H34N4O3/c1-3-22-21(23-14-13-19(28-4-2)16-7-5-6-8-16)24-15-20(27)25-17-9-11-18(26)12-10-17/h9-12,16,19,26H,3-8,13-15H2,1-2H3,(H,25,27)(H2,22,23,24). The summed E-state index contributed by atoms with van der Waals surface area (Å²) >= 11 is 0. The first kappa shape index (κ1) is 22.0. The summed E-state index contributed by atoms with van der Waals surface area (Å²) < 4.78 is 5.96. The van der Waals surface area contributed by atoms with Gasteiger partial charge in [0.15, 0.2) is 5.96 Å².